The van der Waals surface area contributed by atoms with Gasteiger partial charge < -0.3 is 0 Å². The molecule has 1 rings (SSSR count). The molecule has 0 aliphatic heterocycles. The van der Waals surface area contributed by atoms with E-state index in [1.165, 1.54) is 0 Å². The van der Waals surface area contributed by atoms with Gasteiger partial charge in [0.1, 0.15) is 6.04 Å². The summed E-state index contributed by atoms with van der Waals surface area (Å²) in [5, 5.41) is 7.77. The fourth-order valence-electron chi connectivity index (χ4n) is 0.447. The Labute approximate surface area is 48.3 Å². The zero-order valence-corrected chi connectivity index (χ0v) is 5.00. The molecule has 0 fully saturated rings. The Morgan fingerprint density at radius 3 is 2.00 bits per heavy atom. The van der Waals surface area contributed by atoms with Crippen LogP contribution in [-0.2, 0) is 0 Å². The lowest BCUT2D eigenvalue weighted by Gasteiger charge is -1.97. The van der Waals surface area contributed by atoms with Gasteiger partial charge in [0.15, 0.2) is 0 Å². The van der Waals surface area contributed by atoms with Crippen molar-refractivity contribution in [2.24, 2.45) is 0 Å². The Morgan fingerprint density at radius 2 is 1.75 bits per heavy atom. The van der Waals surface area contributed by atoms with Gasteiger partial charge in [-0.25, -0.2) is 0 Å². The molecule has 0 aliphatic rings. The average molecular weight is 110 g/mol. The fraction of sp³-hybridized carbons (Fsp3) is 0.400. The van der Waals surface area contributed by atoms with E-state index in [4.69, 9.17) is 0 Å². The number of nitrogens with zero attached hydrogens (tertiary/aromatic N) is 3. The first-order valence-electron chi connectivity index (χ1n) is 2.47. The van der Waals surface area contributed by atoms with E-state index in [1.54, 1.807) is 17.2 Å². The van der Waals surface area contributed by atoms with Crippen molar-refractivity contribution in [1.82, 2.24) is 15.0 Å². The molecule has 0 spiro atoms. The van der Waals surface area contributed by atoms with Gasteiger partial charge in [-0.1, -0.05) is 0 Å². The molecule has 0 aliphatic carbocycles. The van der Waals surface area contributed by atoms with Crippen molar-refractivity contribution in [3.05, 3.63) is 18.4 Å². The van der Waals surface area contributed by atoms with Gasteiger partial charge >= 0.3 is 0 Å². The Bertz CT molecular complexity index is 143. The summed E-state index contributed by atoms with van der Waals surface area (Å²) in [6.07, 6.45) is 3.32. The Kier molecular flexibility index (Phi) is 1.28. The van der Waals surface area contributed by atoms with Crippen LogP contribution in [0.1, 0.15) is 13.8 Å². The molecule has 1 radical (unpaired) electrons. The second-order valence-electron chi connectivity index (χ2n) is 1.77. The normalized spacial score (nSPS) is 10.4. The van der Waals surface area contributed by atoms with E-state index in [9.17, 15) is 0 Å². The molecule has 1 aromatic heterocycles. The van der Waals surface area contributed by atoms with Crippen LogP contribution < -0.4 is 0 Å². The predicted octanol–water partition coefficient (Wildman–Crippen LogP) is 0.698. The van der Waals surface area contributed by atoms with Crippen molar-refractivity contribution in [2.75, 3.05) is 0 Å². The van der Waals surface area contributed by atoms with Crippen LogP contribution in [0.3, 0.4) is 0 Å². The molecule has 0 bridgehead atoms. The van der Waals surface area contributed by atoms with Gasteiger partial charge in [0.2, 0.25) is 0 Å². The van der Waals surface area contributed by atoms with Crippen molar-refractivity contribution >= 4 is 0 Å². The molecular weight excluding hydrogens is 102 g/mol. The van der Waals surface area contributed by atoms with Crippen LogP contribution >= 0.6 is 0 Å². The second-order valence-corrected chi connectivity index (χ2v) is 1.77. The number of rotatable bonds is 1. The van der Waals surface area contributed by atoms with Crippen LogP contribution in [0.25, 0.3) is 0 Å². The minimum atomic E-state index is 1.08. The highest BCUT2D eigenvalue weighted by Gasteiger charge is 1.94. The van der Waals surface area contributed by atoms with E-state index < -0.39 is 0 Å². The van der Waals surface area contributed by atoms with Crippen molar-refractivity contribution in [2.45, 2.75) is 13.8 Å². The molecule has 0 atom stereocenters. The summed E-state index contributed by atoms with van der Waals surface area (Å²) < 4.78 is 0. The van der Waals surface area contributed by atoms with Crippen molar-refractivity contribution < 1.29 is 0 Å². The molecule has 3 nitrogen and oxygen atoms in total. The van der Waals surface area contributed by atoms with Crippen molar-refractivity contribution in [3.63, 3.8) is 0 Å². The Morgan fingerprint density at radius 1 is 1.25 bits per heavy atom. The van der Waals surface area contributed by atoms with Crippen molar-refractivity contribution in [1.29, 1.82) is 0 Å². The zero-order chi connectivity index (χ0) is 5.98. The van der Waals surface area contributed by atoms with Crippen molar-refractivity contribution in [3.8, 4) is 0 Å². The van der Waals surface area contributed by atoms with Gasteiger partial charge in [0.05, 0.1) is 12.4 Å². The third-order valence-electron chi connectivity index (χ3n) is 0.819. The molecule has 43 valence electrons. The quantitative estimate of drug-likeness (QED) is 0.532. The lowest BCUT2D eigenvalue weighted by Crippen LogP contribution is -2.04. The highest BCUT2D eigenvalue weighted by atomic mass is 15.5. The Hall–Kier alpha value is -0.860. The van der Waals surface area contributed by atoms with E-state index in [-0.39, 0.29) is 0 Å². The second kappa shape index (κ2) is 1.94. The first-order chi connectivity index (χ1) is 3.80. The van der Waals surface area contributed by atoms with E-state index in [0.29, 0.717) is 0 Å². The number of hydrogen-bond acceptors (Lipinski definition) is 2. The van der Waals surface area contributed by atoms with E-state index >= 15 is 0 Å². The molecule has 8 heavy (non-hydrogen) atoms. The van der Waals surface area contributed by atoms with Crippen LogP contribution in [0.15, 0.2) is 12.4 Å². The van der Waals surface area contributed by atoms with Crippen LogP contribution in [0.5, 0.6) is 0 Å². The predicted molar refractivity (Wildman–Crippen MR) is 30.0 cm³/mol. The minimum absolute atomic E-state index is 1.08. The fourth-order valence-corrected chi connectivity index (χ4v) is 0.447. The molecule has 3 heteroatoms. The SMILES string of the molecule is C[C](C)n1nccn1. The largest absolute Gasteiger partial charge is 0.177 e. The highest BCUT2D eigenvalue weighted by molar-refractivity contribution is 4.76. The highest BCUT2D eigenvalue weighted by Crippen LogP contribution is 1.93. The lowest BCUT2D eigenvalue weighted by molar-refractivity contribution is 0.615. The topological polar surface area (TPSA) is 30.7 Å². The molecule has 0 saturated carbocycles. The third-order valence-corrected chi connectivity index (χ3v) is 0.819. The maximum atomic E-state index is 3.88. The minimum Gasteiger partial charge on any atom is -0.177 e. The summed E-state index contributed by atoms with van der Waals surface area (Å²) in [6, 6.07) is 1.08. The number of aromatic nitrogens is 3. The smallest absolute Gasteiger partial charge is 0.103 e. The third kappa shape index (κ3) is 0.857. The number of hydrogen-bond donors (Lipinski definition) is 0. The molecule has 0 aromatic carbocycles. The summed E-state index contributed by atoms with van der Waals surface area (Å²) in [7, 11) is 0. The maximum Gasteiger partial charge on any atom is 0.103 e. The van der Waals surface area contributed by atoms with Gasteiger partial charge in [0, 0.05) is 0 Å². The first-order valence-corrected chi connectivity index (χ1v) is 2.47. The maximum absolute atomic E-state index is 3.88. The van der Waals surface area contributed by atoms with Gasteiger partial charge in [-0.05, 0) is 13.8 Å². The van der Waals surface area contributed by atoms with Gasteiger partial charge in [0.25, 0.3) is 0 Å². The van der Waals surface area contributed by atoms with Gasteiger partial charge in [-0.3, -0.25) is 0 Å². The van der Waals surface area contributed by atoms with E-state index in [1.807, 2.05) is 13.8 Å². The zero-order valence-electron chi connectivity index (χ0n) is 5.00. The monoisotopic (exact) mass is 110 g/mol. The standard InChI is InChI=1S/C5H8N3/c1-5(2)8-6-3-4-7-8/h3-4H,1-2H3. The summed E-state index contributed by atoms with van der Waals surface area (Å²) in [4.78, 5) is 1.58. The van der Waals surface area contributed by atoms with Crippen LogP contribution in [-0.4, -0.2) is 15.0 Å². The lowest BCUT2D eigenvalue weighted by atomic mass is 10.4. The molecule has 1 aromatic rings. The van der Waals surface area contributed by atoms with E-state index in [0.717, 1.165) is 6.04 Å². The van der Waals surface area contributed by atoms with Crippen LogP contribution in [0, 0.1) is 6.04 Å². The Balaban J connectivity index is 2.77. The average Bonchev–Trinajstić information content (AvgIpc) is 2.12. The van der Waals surface area contributed by atoms with Crippen LogP contribution in [0.2, 0.25) is 0 Å². The summed E-state index contributed by atoms with van der Waals surface area (Å²) >= 11 is 0. The van der Waals surface area contributed by atoms with Gasteiger partial charge in [-0.15, -0.1) is 0 Å². The molecule has 0 unspecified atom stereocenters. The van der Waals surface area contributed by atoms with E-state index in [2.05, 4.69) is 10.2 Å². The molecule has 0 saturated heterocycles. The molecule has 0 N–H and O–H groups in total. The first kappa shape index (κ1) is 5.28. The summed E-state index contributed by atoms with van der Waals surface area (Å²) in [5.74, 6) is 0. The molecule has 1 heterocycles. The summed E-state index contributed by atoms with van der Waals surface area (Å²) in [5.41, 5.74) is 0. The molecule has 0 amide bonds. The van der Waals surface area contributed by atoms with Gasteiger partial charge in [-0.2, -0.15) is 15.0 Å². The van der Waals surface area contributed by atoms with Crippen LogP contribution in [0.4, 0.5) is 0 Å². The molecular formula is C5H8N3. The summed E-state index contributed by atoms with van der Waals surface area (Å²) in [6.45, 7) is 3.92.